The monoisotopic (exact) mass is 290 g/mol. The molecule has 1 heterocycles. The second-order valence-electron chi connectivity index (χ2n) is 4.12. The molecule has 1 amide bonds. The molecule has 2 N–H and O–H groups in total. The number of anilines is 1. The first kappa shape index (κ1) is 14.0. The van der Waals surface area contributed by atoms with Crippen LogP contribution in [0.5, 0.6) is 0 Å². The van der Waals surface area contributed by atoms with Crippen LogP contribution in [0.2, 0.25) is 5.02 Å². The number of aromatic carboxylic acids is 1. The van der Waals surface area contributed by atoms with Gasteiger partial charge in [0.25, 0.3) is 5.91 Å². The van der Waals surface area contributed by atoms with Crippen molar-refractivity contribution in [1.29, 1.82) is 0 Å². The van der Waals surface area contributed by atoms with Crippen molar-refractivity contribution in [2.24, 2.45) is 0 Å². The predicted octanol–water partition coefficient (Wildman–Crippen LogP) is 2.99. The topological polar surface area (TPSA) is 79.3 Å². The van der Waals surface area contributed by atoms with Crippen LogP contribution in [0, 0.1) is 6.92 Å². The Morgan fingerprint density at radius 1 is 1.25 bits per heavy atom. The van der Waals surface area contributed by atoms with E-state index in [0.29, 0.717) is 10.6 Å². The maximum Gasteiger partial charge on any atom is 0.337 e. The van der Waals surface area contributed by atoms with Crippen molar-refractivity contribution in [2.45, 2.75) is 6.92 Å². The molecule has 0 aliphatic rings. The van der Waals surface area contributed by atoms with E-state index in [1.807, 2.05) is 0 Å². The predicted molar refractivity (Wildman–Crippen MR) is 75.3 cm³/mol. The molecular weight excluding hydrogens is 280 g/mol. The fourth-order valence-electron chi connectivity index (χ4n) is 1.69. The molecule has 0 aliphatic carbocycles. The summed E-state index contributed by atoms with van der Waals surface area (Å²) in [6, 6.07) is 7.96. The fraction of sp³-hybridized carbons (Fsp3) is 0.0714. The van der Waals surface area contributed by atoms with Crippen LogP contribution in [0.1, 0.15) is 26.3 Å². The van der Waals surface area contributed by atoms with E-state index >= 15 is 0 Å². The summed E-state index contributed by atoms with van der Waals surface area (Å²) in [4.78, 5) is 26.7. The number of nitrogens with one attached hydrogen (secondary N) is 1. The van der Waals surface area contributed by atoms with Crippen LogP contribution in [0.3, 0.4) is 0 Å². The molecule has 0 radical (unpaired) electrons. The molecule has 0 fully saturated rings. The number of carbonyl (C=O) groups excluding carboxylic acids is 1. The van der Waals surface area contributed by atoms with Crippen molar-refractivity contribution in [2.75, 3.05) is 5.32 Å². The molecule has 0 saturated heterocycles. The second-order valence-corrected chi connectivity index (χ2v) is 4.53. The SMILES string of the molecule is Cc1cccc(Cl)c1C(=O)Nc1ccc(C(=O)O)cn1. The highest BCUT2D eigenvalue weighted by Gasteiger charge is 2.14. The zero-order chi connectivity index (χ0) is 14.7. The van der Waals surface area contributed by atoms with E-state index in [1.54, 1.807) is 25.1 Å². The van der Waals surface area contributed by atoms with Crippen molar-refractivity contribution in [3.63, 3.8) is 0 Å². The molecule has 2 rings (SSSR count). The van der Waals surface area contributed by atoms with Crippen LogP contribution in [0.4, 0.5) is 5.82 Å². The first-order chi connectivity index (χ1) is 9.49. The number of hydrogen-bond donors (Lipinski definition) is 2. The molecule has 0 unspecified atom stereocenters. The van der Waals surface area contributed by atoms with Gasteiger partial charge in [0.05, 0.1) is 16.1 Å². The van der Waals surface area contributed by atoms with Gasteiger partial charge in [-0.1, -0.05) is 23.7 Å². The Hall–Kier alpha value is -2.40. The van der Waals surface area contributed by atoms with Gasteiger partial charge in [0.15, 0.2) is 0 Å². The lowest BCUT2D eigenvalue weighted by Gasteiger charge is -2.08. The van der Waals surface area contributed by atoms with Crippen molar-refractivity contribution in [3.05, 3.63) is 58.2 Å². The normalized spacial score (nSPS) is 10.1. The lowest BCUT2D eigenvalue weighted by molar-refractivity contribution is 0.0696. The molecule has 0 aliphatic heterocycles. The van der Waals surface area contributed by atoms with Gasteiger partial charge in [-0.2, -0.15) is 0 Å². The van der Waals surface area contributed by atoms with Gasteiger partial charge >= 0.3 is 5.97 Å². The van der Waals surface area contributed by atoms with Gasteiger partial charge in [-0.25, -0.2) is 9.78 Å². The van der Waals surface area contributed by atoms with Gasteiger partial charge in [0, 0.05) is 6.20 Å². The van der Waals surface area contributed by atoms with E-state index in [2.05, 4.69) is 10.3 Å². The molecular formula is C14H11ClN2O3. The van der Waals surface area contributed by atoms with Crippen LogP contribution >= 0.6 is 11.6 Å². The summed E-state index contributed by atoms with van der Waals surface area (Å²) in [5.74, 6) is -1.19. The van der Waals surface area contributed by atoms with Crippen LogP contribution in [-0.4, -0.2) is 22.0 Å². The summed E-state index contributed by atoms with van der Waals surface area (Å²) < 4.78 is 0. The number of benzene rings is 1. The van der Waals surface area contributed by atoms with E-state index in [-0.39, 0.29) is 17.3 Å². The number of carbonyl (C=O) groups is 2. The Kier molecular flexibility index (Phi) is 4.00. The minimum Gasteiger partial charge on any atom is -0.478 e. The average Bonchev–Trinajstić information content (AvgIpc) is 2.39. The van der Waals surface area contributed by atoms with Crippen molar-refractivity contribution >= 4 is 29.3 Å². The standard InChI is InChI=1S/C14H11ClN2O3/c1-8-3-2-4-10(15)12(8)13(18)17-11-6-5-9(7-16-11)14(19)20/h2-7H,1H3,(H,19,20)(H,16,17,18). The van der Waals surface area contributed by atoms with Crippen molar-refractivity contribution in [3.8, 4) is 0 Å². The molecule has 0 saturated carbocycles. The number of halogens is 1. The summed E-state index contributed by atoms with van der Waals surface area (Å²) in [5.41, 5.74) is 1.17. The van der Waals surface area contributed by atoms with Gasteiger partial charge in [-0.3, -0.25) is 4.79 Å². The number of nitrogens with zero attached hydrogens (tertiary/aromatic N) is 1. The summed E-state index contributed by atoms with van der Waals surface area (Å²) in [5, 5.41) is 11.7. The summed E-state index contributed by atoms with van der Waals surface area (Å²) in [7, 11) is 0. The maximum atomic E-state index is 12.1. The van der Waals surface area contributed by atoms with E-state index in [4.69, 9.17) is 16.7 Å². The molecule has 0 bridgehead atoms. The Morgan fingerprint density at radius 2 is 2.00 bits per heavy atom. The smallest absolute Gasteiger partial charge is 0.337 e. The Balaban J connectivity index is 2.21. The third-order valence-corrected chi connectivity index (χ3v) is 3.02. The summed E-state index contributed by atoms with van der Waals surface area (Å²) in [6.45, 7) is 1.78. The largest absolute Gasteiger partial charge is 0.478 e. The summed E-state index contributed by atoms with van der Waals surface area (Å²) in [6.07, 6.45) is 1.18. The molecule has 1 aromatic heterocycles. The molecule has 5 nitrogen and oxygen atoms in total. The zero-order valence-corrected chi connectivity index (χ0v) is 11.3. The van der Waals surface area contributed by atoms with Crippen LogP contribution in [0.25, 0.3) is 0 Å². The first-order valence-electron chi connectivity index (χ1n) is 5.75. The summed E-state index contributed by atoms with van der Waals surface area (Å²) >= 11 is 6.00. The van der Waals surface area contributed by atoms with Gasteiger partial charge in [0.2, 0.25) is 0 Å². The first-order valence-corrected chi connectivity index (χ1v) is 6.12. The van der Waals surface area contributed by atoms with Crippen LogP contribution in [-0.2, 0) is 0 Å². The number of hydrogen-bond acceptors (Lipinski definition) is 3. The molecule has 1 aromatic carbocycles. The minimum atomic E-state index is -1.07. The molecule has 6 heteroatoms. The van der Waals surface area contributed by atoms with E-state index in [1.165, 1.54) is 18.3 Å². The van der Waals surface area contributed by atoms with Crippen LogP contribution < -0.4 is 5.32 Å². The fourth-order valence-corrected chi connectivity index (χ4v) is 2.00. The van der Waals surface area contributed by atoms with Gasteiger partial charge in [-0.05, 0) is 30.7 Å². The second kappa shape index (κ2) is 5.71. The highest BCUT2D eigenvalue weighted by Crippen LogP contribution is 2.20. The Bertz CT molecular complexity index is 648. The lowest BCUT2D eigenvalue weighted by Crippen LogP contribution is -2.15. The molecule has 2 aromatic rings. The number of carboxylic acid groups (broad SMARTS) is 1. The third kappa shape index (κ3) is 2.95. The van der Waals surface area contributed by atoms with Crippen LogP contribution in [0.15, 0.2) is 36.5 Å². The number of aromatic nitrogens is 1. The lowest BCUT2D eigenvalue weighted by atomic mass is 10.1. The third-order valence-electron chi connectivity index (χ3n) is 2.70. The highest BCUT2D eigenvalue weighted by molar-refractivity contribution is 6.34. The van der Waals surface area contributed by atoms with Gasteiger partial charge in [-0.15, -0.1) is 0 Å². The maximum absolute atomic E-state index is 12.1. The zero-order valence-electron chi connectivity index (χ0n) is 10.6. The van der Waals surface area contributed by atoms with Gasteiger partial charge in [0.1, 0.15) is 5.82 Å². The van der Waals surface area contributed by atoms with E-state index in [9.17, 15) is 9.59 Å². The quantitative estimate of drug-likeness (QED) is 0.911. The van der Waals surface area contributed by atoms with Gasteiger partial charge < -0.3 is 10.4 Å². The number of carboxylic acids is 1. The van der Waals surface area contributed by atoms with Crippen molar-refractivity contribution < 1.29 is 14.7 Å². The number of rotatable bonds is 3. The average molecular weight is 291 g/mol. The van der Waals surface area contributed by atoms with E-state index in [0.717, 1.165) is 5.56 Å². The molecule has 0 spiro atoms. The molecule has 0 atom stereocenters. The molecule has 20 heavy (non-hydrogen) atoms. The molecule has 102 valence electrons. The van der Waals surface area contributed by atoms with Crippen molar-refractivity contribution in [1.82, 2.24) is 4.98 Å². The van der Waals surface area contributed by atoms with E-state index < -0.39 is 5.97 Å². The Morgan fingerprint density at radius 3 is 2.55 bits per heavy atom. The Labute approximate surface area is 120 Å². The number of aryl methyl sites for hydroxylation is 1. The number of amides is 1. The minimum absolute atomic E-state index is 0.0527. The number of pyridine rings is 1. The highest BCUT2D eigenvalue weighted by atomic mass is 35.5.